The van der Waals surface area contributed by atoms with Crippen LogP contribution in [0.25, 0.3) is 0 Å². The van der Waals surface area contributed by atoms with Crippen molar-refractivity contribution in [2.24, 2.45) is 0 Å². The van der Waals surface area contributed by atoms with Crippen LogP contribution in [0, 0.1) is 24.0 Å². The Hall–Kier alpha value is -3.93. The number of benzene rings is 2. The number of carbonyl (C=O) groups excluding carboxylic acids is 1. The number of aromatic nitrogens is 1. The lowest BCUT2D eigenvalue weighted by Gasteiger charge is -2.17. The molecule has 3 aromatic rings. The van der Waals surface area contributed by atoms with Gasteiger partial charge in [-0.1, -0.05) is 5.16 Å². The molecule has 11 nitrogen and oxygen atoms in total. The van der Waals surface area contributed by atoms with Gasteiger partial charge in [0.05, 0.1) is 34.9 Å². The van der Waals surface area contributed by atoms with Crippen molar-refractivity contribution in [3.8, 4) is 5.75 Å². The Morgan fingerprint density at radius 2 is 1.88 bits per heavy atom. The van der Waals surface area contributed by atoms with Crippen molar-refractivity contribution in [1.82, 2.24) is 10.1 Å². The van der Waals surface area contributed by atoms with Crippen LogP contribution < -0.4 is 9.46 Å². The second-order valence-corrected chi connectivity index (χ2v) is 8.92. The first-order valence-corrected chi connectivity index (χ1v) is 11.1. The summed E-state index contributed by atoms with van der Waals surface area (Å²) in [5.74, 6) is 0.431. The molecule has 12 heteroatoms. The summed E-state index contributed by atoms with van der Waals surface area (Å²) in [4.78, 5) is 24.5. The lowest BCUT2D eigenvalue weighted by molar-refractivity contribution is -0.384. The van der Waals surface area contributed by atoms with Gasteiger partial charge in [-0.15, -0.1) is 0 Å². The van der Waals surface area contributed by atoms with E-state index in [0.29, 0.717) is 11.5 Å². The molecule has 33 heavy (non-hydrogen) atoms. The summed E-state index contributed by atoms with van der Waals surface area (Å²) in [6, 6.07) is 8.92. The van der Waals surface area contributed by atoms with Gasteiger partial charge in [-0.05, 0) is 44.2 Å². The number of ether oxygens (including phenoxy) is 1. The van der Waals surface area contributed by atoms with Crippen molar-refractivity contribution < 1.29 is 27.4 Å². The van der Waals surface area contributed by atoms with Crippen molar-refractivity contribution in [1.29, 1.82) is 0 Å². The number of amides is 1. The molecule has 0 unspecified atom stereocenters. The summed E-state index contributed by atoms with van der Waals surface area (Å²) < 4.78 is 38.1. The van der Waals surface area contributed by atoms with E-state index in [9.17, 15) is 23.3 Å². The number of nitro benzene ring substituents is 1. The van der Waals surface area contributed by atoms with Gasteiger partial charge >= 0.3 is 0 Å². The normalized spacial score (nSPS) is 11.2. The van der Waals surface area contributed by atoms with Crippen LogP contribution in [0.5, 0.6) is 5.75 Å². The SMILES string of the molecule is COc1ccc([N+](=O)[O-])cc1NS(=O)(=O)c1ccc(C(=O)N(C)Cc2c(C)noc2C)cc1. The Bertz CT molecular complexity index is 1280. The van der Waals surface area contributed by atoms with E-state index in [4.69, 9.17) is 9.26 Å². The quantitative estimate of drug-likeness (QED) is 0.387. The first-order valence-electron chi connectivity index (χ1n) is 9.66. The maximum absolute atomic E-state index is 12.8. The third-order valence-electron chi connectivity index (χ3n) is 4.97. The average molecular weight is 474 g/mol. The fraction of sp³-hybridized carbons (Fsp3) is 0.238. The molecule has 0 aliphatic rings. The van der Waals surface area contributed by atoms with E-state index < -0.39 is 14.9 Å². The first kappa shape index (κ1) is 23.7. The number of nitro groups is 1. The van der Waals surface area contributed by atoms with Crippen LogP contribution in [0.4, 0.5) is 11.4 Å². The highest BCUT2D eigenvalue weighted by molar-refractivity contribution is 7.92. The van der Waals surface area contributed by atoms with E-state index >= 15 is 0 Å². The summed E-state index contributed by atoms with van der Waals surface area (Å²) in [5, 5.41) is 14.9. The fourth-order valence-corrected chi connectivity index (χ4v) is 4.19. The van der Waals surface area contributed by atoms with Crippen molar-refractivity contribution >= 4 is 27.3 Å². The molecule has 0 aliphatic carbocycles. The van der Waals surface area contributed by atoms with E-state index in [-0.39, 0.29) is 40.0 Å². The zero-order chi connectivity index (χ0) is 24.3. The van der Waals surface area contributed by atoms with Crippen molar-refractivity contribution in [2.45, 2.75) is 25.3 Å². The molecule has 0 spiro atoms. The number of sulfonamides is 1. The summed E-state index contributed by atoms with van der Waals surface area (Å²) >= 11 is 0. The summed E-state index contributed by atoms with van der Waals surface area (Å²) in [6.45, 7) is 3.83. The van der Waals surface area contributed by atoms with Gasteiger partial charge in [-0.25, -0.2) is 8.42 Å². The fourth-order valence-electron chi connectivity index (χ4n) is 3.13. The van der Waals surface area contributed by atoms with Crippen LogP contribution in [-0.2, 0) is 16.6 Å². The van der Waals surface area contributed by atoms with Gasteiger partial charge in [-0.3, -0.25) is 19.6 Å². The molecule has 0 saturated carbocycles. The highest BCUT2D eigenvalue weighted by Crippen LogP contribution is 2.31. The van der Waals surface area contributed by atoms with E-state index in [1.54, 1.807) is 20.9 Å². The van der Waals surface area contributed by atoms with E-state index in [0.717, 1.165) is 11.6 Å². The average Bonchev–Trinajstić information content (AvgIpc) is 3.10. The molecule has 0 aliphatic heterocycles. The summed E-state index contributed by atoms with van der Waals surface area (Å²) in [7, 11) is -1.16. The molecule has 0 radical (unpaired) electrons. The molecule has 2 aromatic carbocycles. The van der Waals surface area contributed by atoms with E-state index in [2.05, 4.69) is 9.88 Å². The Labute approximate surface area is 190 Å². The number of hydrogen-bond acceptors (Lipinski definition) is 8. The predicted molar refractivity (Wildman–Crippen MR) is 119 cm³/mol. The monoisotopic (exact) mass is 474 g/mol. The minimum Gasteiger partial charge on any atom is -0.495 e. The van der Waals surface area contributed by atoms with Gasteiger partial charge in [0.15, 0.2) is 0 Å². The standard InChI is InChI=1S/C21H22N4O7S/c1-13-18(14(2)32-22-13)12-24(3)21(26)15-5-8-17(9-6-15)33(29,30)23-19-11-16(25(27)28)7-10-20(19)31-4/h5-11,23H,12H2,1-4H3. The van der Waals surface area contributed by atoms with Gasteiger partial charge in [-0.2, -0.15) is 0 Å². The van der Waals surface area contributed by atoms with Crippen LogP contribution in [-0.4, -0.2) is 43.5 Å². The van der Waals surface area contributed by atoms with Crippen LogP contribution in [0.1, 0.15) is 27.4 Å². The topological polar surface area (TPSA) is 145 Å². The van der Waals surface area contributed by atoms with Crippen LogP contribution in [0.3, 0.4) is 0 Å². The van der Waals surface area contributed by atoms with Crippen LogP contribution in [0.15, 0.2) is 51.9 Å². The smallest absolute Gasteiger partial charge is 0.271 e. The Balaban J connectivity index is 1.79. The molecule has 1 heterocycles. The number of anilines is 1. The van der Waals surface area contributed by atoms with Crippen molar-refractivity contribution in [3.63, 3.8) is 0 Å². The third-order valence-corrected chi connectivity index (χ3v) is 6.35. The molecule has 0 fully saturated rings. The number of carbonyl (C=O) groups is 1. The number of nitrogens with zero attached hydrogens (tertiary/aromatic N) is 3. The molecule has 1 aromatic heterocycles. The third kappa shape index (κ3) is 5.12. The Morgan fingerprint density at radius 3 is 2.42 bits per heavy atom. The summed E-state index contributed by atoms with van der Waals surface area (Å²) in [5.41, 5.74) is 1.41. The lowest BCUT2D eigenvalue weighted by atomic mass is 10.1. The molecular formula is C21H22N4O7S. The van der Waals surface area contributed by atoms with Crippen LogP contribution in [0.2, 0.25) is 0 Å². The molecule has 0 atom stereocenters. The first-order chi connectivity index (χ1) is 15.5. The highest BCUT2D eigenvalue weighted by atomic mass is 32.2. The van der Waals surface area contributed by atoms with Crippen LogP contribution >= 0.6 is 0 Å². The minimum absolute atomic E-state index is 0.0777. The largest absolute Gasteiger partial charge is 0.495 e. The van der Waals surface area contributed by atoms with Gasteiger partial charge < -0.3 is 14.2 Å². The molecule has 3 rings (SSSR count). The van der Waals surface area contributed by atoms with Gasteiger partial charge in [0.2, 0.25) is 0 Å². The highest BCUT2D eigenvalue weighted by Gasteiger charge is 2.21. The molecule has 1 N–H and O–H groups in total. The number of methoxy groups -OCH3 is 1. The number of nitrogens with one attached hydrogen (secondary N) is 1. The maximum Gasteiger partial charge on any atom is 0.271 e. The predicted octanol–water partition coefficient (Wildman–Crippen LogP) is 3.28. The summed E-state index contributed by atoms with van der Waals surface area (Å²) in [6.07, 6.45) is 0. The Morgan fingerprint density at radius 1 is 1.21 bits per heavy atom. The van der Waals surface area contributed by atoms with Gasteiger partial charge in [0.25, 0.3) is 21.6 Å². The maximum atomic E-state index is 12.8. The second kappa shape index (κ2) is 9.28. The second-order valence-electron chi connectivity index (χ2n) is 7.24. The number of rotatable bonds is 8. The van der Waals surface area contributed by atoms with Gasteiger partial charge in [0, 0.05) is 30.3 Å². The zero-order valence-corrected chi connectivity index (χ0v) is 19.2. The molecule has 0 bridgehead atoms. The molecule has 1 amide bonds. The molecule has 0 saturated heterocycles. The lowest BCUT2D eigenvalue weighted by Crippen LogP contribution is -2.26. The van der Waals surface area contributed by atoms with Gasteiger partial charge in [0.1, 0.15) is 11.5 Å². The number of hydrogen-bond donors (Lipinski definition) is 1. The van der Waals surface area contributed by atoms with E-state index in [1.165, 1.54) is 48.4 Å². The number of non-ortho nitro benzene ring substituents is 1. The zero-order valence-electron chi connectivity index (χ0n) is 18.4. The van der Waals surface area contributed by atoms with E-state index in [1.807, 2.05) is 0 Å². The van der Waals surface area contributed by atoms with Crippen molar-refractivity contribution in [3.05, 3.63) is 75.2 Å². The number of aryl methyl sites for hydroxylation is 2. The molecular weight excluding hydrogens is 452 g/mol. The Kier molecular flexibility index (Phi) is 6.68. The van der Waals surface area contributed by atoms with Crippen molar-refractivity contribution in [2.75, 3.05) is 18.9 Å². The minimum atomic E-state index is -4.10. The molecule has 174 valence electrons.